The van der Waals surface area contributed by atoms with Gasteiger partial charge in [-0.15, -0.1) is 0 Å². The normalized spacial score (nSPS) is 10.2. The van der Waals surface area contributed by atoms with Gasteiger partial charge < -0.3 is 15.2 Å². The van der Waals surface area contributed by atoms with Crippen molar-refractivity contribution in [2.45, 2.75) is 13.8 Å². The maximum atomic E-state index is 11.9. The van der Waals surface area contributed by atoms with Gasteiger partial charge in [-0.3, -0.25) is 4.79 Å². The van der Waals surface area contributed by atoms with Gasteiger partial charge in [0.05, 0.1) is 0 Å². The molecule has 0 radical (unpaired) electrons. The van der Waals surface area contributed by atoms with Crippen molar-refractivity contribution in [2.75, 3.05) is 11.9 Å². The number of benzene rings is 2. The van der Waals surface area contributed by atoms with Crippen LogP contribution in [-0.4, -0.2) is 23.6 Å². The molecule has 0 aromatic heterocycles. The molecule has 2 aromatic carbocycles. The Morgan fingerprint density at radius 1 is 1.22 bits per heavy atom. The van der Waals surface area contributed by atoms with Crippen LogP contribution in [0, 0.1) is 13.8 Å². The minimum absolute atomic E-state index is 0.00101. The number of aryl methyl sites for hydroxylation is 1. The van der Waals surface area contributed by atoms with E-state index in [9.17, 15) is 14.7 Å². The Morgan fingerprint density at radius 2 is 1.96 bits per heavy atom. The Balaban J connectivity index is 1.98. The Labute approximate surface area is 142 Å². The molecule has 0 aliphatic rings. The summed E-state index contributed by atoms with van der Waals surface area (Å²) in [6.07, 6.45) is 0. The summed E-state index contributed by atoms with van der Waals surface area (Å²) in [5.74, 6) is -1.41. The fraction of sp³-hybridized carbons (Fsp3) is 0.176. The van der Waals surface area contributed by atoms with Gasteiger partial charge in [-0.05, 0) is 49.2 Å². The number of anilines is 1. The van der Waals surface area contributed by atoms with Gasteiger partial charge in [0, 0.05) is 10.2 Å². The van der Waals surface area contributed by atoms with Gasteiger partial charge in [0.25, 0.3) is 5.91 Å². The highest BCUT2D eigenvalue weighted by Gasteiger charge is 2.15. The molecule has 0 saturated carbocycles. The quantitative estimate of drug-likeness (QED) is 0.798. The van der Waals surface area contributed by atoms with Gasteiger partial charge in [0.15, 0.2) is 6.61 Å². The predicted octanol–water partition coefficient (Wildman–Crippen LogP) is 3.57. The van der Waals surface area contributed by atoms with Crippen molar-refractivity contribution >= 4 is 33.5 Å². The van der Waals surface area contributed by atoms with E-state index in [0.29, 0.717) is 10.2 Å². The van der Waals surface area contributed by atoms with E-state index in [1.807, 2.05) is 26.0 Å². The summed E-state index contributed by atoms with van der Waals surface area (Å²) in [7, 11) is 0. The molecule has 2 N–H and O–H groups in total. The monoisotopic (exact) mass is 377 g/mol. The van der Waals surface area contributed by atoms with Crippen molar-refractivity contribution in [3.05, 3.63) is 57.6 Å². The third-order valence-corrected chi connectivity index (χ3v) is 3.88. The predicted molar refractivity (Wildman–Crippen MR) is 90.6 cm³/mol. The van der Waals surface area contributed by atoms with E-state index in [1.165, 1.54) is 12.1 Å². The summed E-state index contributed by atoms with van der Waals surface area (Å²) < 4.78 is 5.56. The van der Waals surface area contributed by atoms with Crippen LogP contribution in [0.25, 0.3) is 0 Å². The van der Waals surface area contributed by atoms with Crippen LogP contribution in [0.15, 0.2) is 40.9 Å². The number of amides is 1. The lowest BCUT2D eigenvalue weighted by Gasteiger charge is -2.11. The number of phenols is 1. The molecule has 0 unspecified atom stereocenters. The zero-order valence-electron chi connectivity index (χ0n) is 12.7. The third-order valence-electron chi connectivity index (χ3n) is 3.39. The molecule has 120 valence electrons. The summed E-state index contributed by atoms with van der Waals surface area (Å²) in [6, 6.07) is 9.96. The van der Waals surface area contributed by atoms with Crippen LogP contribution in [0.5, 0.6) is 5.75 Å². The second kappa shape index (κ2) is 7.28. The topological polar surface area (TPSA) is 75.6 Å². The zero-order chi connectivity index (χ0) is 17.0. The molecule has 0 fully saturated rings. The number of esters is 1. The number of rotatable bonds is 4. The molecule has 0 bridgehead atoms. The number of aromatic hydroxyl groups is 1. The molecule has 0 aliphatic carbocycles. The Morgan fingerprint density at radius 3 is 2.70 bits per heavy atom. The van der Waals surface area contributed by atoms with Crippen molar-refractivity contribution in [3.8, 4) is 5.75 Å². The largest absolute Gasteiger partial charge is 0.507 e. The number of nitrogens with one attached hydrogen (secondary N) is 1. The second-order valence-corrected chi connectivity index (χ2v) is 5.95. The maximum Gasteiger partial charge on any atom is 0.342 e. The van der Waals surface area contributed by atoms with Crippen LogP contribution in [0.3, 0.4) is 0 Å². The molecule has 6 heteroatoms. The molecule has 0 spiro atoms. The molecule has 23 heavy (non-hydrogen) atoms. The molecule has 0 atom stereocenters. The maximum absolute atomic E-state index is 11.9. The number of carbonyl (C=O) groups excluding carboxylic acids is 2. The average Bonchev–Trinajstić information content (AvgIpc) is 2.52. The summed E-state index contributed by atoms with van der Waals surface area (Å²) in [6.45, 7) is 3.41. The highest BCUT2D eigenvalue weighted by atomic mass is 79.9. The number of ether oxygens (including phenoxy) is 1. The minimum Gasteiger partial charge on any atom is -0.507 e. The SMILES string of the molecule is Cc1cccc(NC(=O)COC(=O)c2cc(Br)ccc2O)c1C. The van der Waals surface area contributed by atoms with Crippen LogP contribution < -0.4 is 5.32 Å². The fourth-order valence-electron chi connectivity index (χ4n) is 1.95. The zero-order valence-corrected chi connectivity index (χ0v) is 14.3. The van der Waals surface area contributed by atoms with Crippen molar-refractivity contribution in [3.63, 3.8) is 0 Å². The average molecular weight is 378 g/mol. The molecule has 5 nitrogen and oxygen atoms in total. The first kappa shape index (κ1) is 17.0. The number of hydrogen-bond acceptors (Lipinski definition) is 4. The van der Waals surface area contributed by atoms with Gasteiger partial charge in [-0.25, -0.2) is 4.79 Å². The lowest BCUT2D eigenvalue weighted by Crippen LogP contribution is -2.21. The van der Waals surface area contributed by atoms with E-state index in [4.69, 9.17) is 4.74 Å². The molecular formula is C17H16BrNO4. The van der Waals surface area contributed by atoms with Crippen molar-refractivity contribution < 1.29 is 19.4 Å². The van der Waals surface area contributed by atoms with E-state index in [0.717, 1.165) is 11.1 Å². The van der Waals surface area contributed by atoms with Gasteiger partial charge >= 0.3 is 5.97 Å². The van der Waals surface area contributed by atoms with Gasteiger partial charge in [-0.2, -0.15) is 0 Å². The number of halogens is 1. The number of hydrogen-bond donors (Lipinski definition) is 2. The lowest BCUT2D eigenvalue weighted by molar-refractivity contribution is -0.119. The van der Waals surface area contributed by atoms with E-state index < -0.39 is 18.5 Å². The van der Waals surface area contributed by atoms with Gasteiger partial charge in [-0.1, -0.05) is 28.1 Å². The fourth-order valence-corrected chi connectivity index (χ4v) is 2.31. The van der Waals surface area contributed by atoms with Crippen molar-refractivity contribution in [1.29, 1.82) is 0 Å². The lowest BCUT2D eigenvalue weighted by atomic mass is 10.1. The number of carbonyl (C=O) groups is 2. The molecule has 0 heterocycles. The summed E-state index contributed by atoms with van der Waals surface area (Å²) in [5, 5.41) is 12.3. The summed E-state index contributed by atoms with van der Waals surface area (Å²) in [5.41, 5.74) is 2.69. The number of phenolic OH excluding ortho intramolecular Hbond substituents is 1. The molecule has 2 aromatic rings. The molecular weight excluding hydrogens is 362 g/mol. The van der Waals surface area contributed by atoms with Gasteiger partial charge in [0.1, 0.15) is 11.3 Å². The third kappa shape index (κ3) is 4.32. The standard InChI is InChI=1S/C17H16BrNO4/c1-10-4-3-5-14(11(10)2)19-16(21)9-23-17(22)13-8-12(18)6-7-15(13)20/h3-8,20H,9H2,1-2H3,(H,19,21). The van der Waals surface area contributed by atoms with Crippen LogP contribution in [0.1, 0.15) is 21.5 Å². The molecule has 0 saturated heterocycles. The summed E-state index contributed by atoms with van der Waals surface area (Å²) >= 11 is 3.21. The molecule has 1 amide bonds. The smallest absolute Gasteiger partial charge is 0.342 e. The first-order valence-corrected chi connectivity index (χ1v) is 7.69. The van der Waals surface area contributed by atoms with E-state index in [2.05, 4.69) is 21.2 Å². The first-order valence-electron chi connectivity index (χ1n) is 6.90. The summed E-state index contributed by atoms with van der Waals surface area (Å²) in [4.78, 5) is 23.8. The Kier molecular flexibility index (Phi) is 5.39. The highest BCUT2D eigenvalue weighted by molar-refractivity contribution is 9.10. The Hall–Kier alpha value is -2.34. The van der Waals surface area contributed by atoms with E-state index in [-0.39, 0.29) is 11.3 Å². The molecule has 2 rings (SSSR count). The Bertz CT molecular complexity index is 758. The highest BCUT2D eigenvalue weighted by Crippen LogP contribution is 2.22. The van der Waals surface area contributed by atoms with Crippen LogP contribution in [0.2, 0.25) is 0 Å². The minimum atomic E-state index is -0.764. The van der Waals surface area contributed by atoms with Crippen LogP contribution in [-0.2, 0) is 9.53 Å². The van der Waals surface area contributed by atoms with Crippen molar-refractivity contribution in [2.24, 2.45) is 0 Å². The van der Waals surface area contributed by atoms with E-state index in [1.54, 1.807) is 12.1 Å². The van der Waals surface area contributed by atoms with Crippen LogP contribution >= 0.6 is 15.9 Å². The molecule has 0 aliphatic heterocycles. The van der Waals surface area contributed by atoms with Crippen LogP contribution in [0.4, 0.5) is 5.69 Å². The van der Waals surface area contributed by atoms with E-state index >= 15 is 0 Å². The second-order valence-electron chi connectivity index (χ2n) is 5.03. The van der Waals surface area contributed by atoms with Gasteiger partial charge in [0.2, 0.25) is 0 Å². The first-order chi connectivity index (χ1) is 10.9. The van der Waals surface area contributed by atoms with Crippen molar-refractivity contribution in [1.82, 2.24) is 0 Å².